The van der Waals surface area contributed by atoms with Crippen LogP contribution in [-0.4, -0.2) is 36.1 Å². The number of hydrogen-bond donors (Lipinski definition) is 2. The number of rotatable bonds is 5. The van der Waals surface area contributed by atoms with E-state index in [1.807, 2.05) is 20.8 Å². The molecule has 0 fully saturated rings. The lowest BCUT2D eigenvalue weighted by Crippen LogP contribution is -2.34. The minimum absolute atomic E-state index is 0.0216. The lowest BCUT2D eigenvalue weighted by Gasteiger charge is -2.22. The monoisotopic (exact) mass is 307 g/mol. The van der Waals surface area contributed by atoms with Gasteiger partial charge in [0.2, 0.25) is 15.3 Å². The predicted molar refractivity (Wildman–Crippen MR) is 72.3 cm³/mol. The topological polar surface area (TPSA) is 92.2 Å². The summed E-state index contributed by atoms with van der Waals surface area (Å²) in [5.74, 6) is 0. The normalized spacial score (nSPS) is 14.4. The molecular formula is C11H18ClN3O3S. The third-order valence-corrected chi connectivity index (χ3v) is 3.84. The SMILES string of the molecule is CC(C)(C)CC(O)CNS(=O)(=O)c1cnc(Cl)nc1. The van der Waals surface area contributed by atoms with Crippen LogP contribution in [0.5, 0.6) is 0 Å². The van der Waals surface area contributed by atoms with Crippen LogP contribution in [-0.2, 0) is 10.0 Å². The first-order chi connectivity index (χ1) is 8.60. The molecule has 0 aromatic carbocycles. The highest BCUT2D eigenvalue weighted by atomic mass is 35.5. The molecule has 0 radical (unpaired) electrons. The Morgan fingerprint density at radius 2 is 1.89 bits per heavy atom. The average Bonchev–Trinajstić information content (AvgIpc) is 2.25. The summed E-state index contributed by atoms with van der Waals surface area (Å²) in [5.41, 5.74) is -0.0752. The Hall–Kier alpha value is -0.760. The molecule has 2 N–H and O–H groups in total. The summed E-state index contributed by atoms with van der Waals surface area (Å²) >= 11 is 5.48. The van der Waals surface area contributed by atoms with Crippen LogP contribution in [0.2, 0.25) is 5.28 Å². The van der Waals surface area contributed by atoms with Gasteiger partial charge in [-0.2, -0.15) is 0 Å². The summed E-state index contributed by atoms with van der Waals surface area (Å²) < 4.78 is 26.1. The first-order valence-electron chi connectivity index (χ1n) is 5.75. The van der Waals surface area contributed by atoms with Gasteiger partial charge in [-0.05, 0) is 23.4 Å². The molecule has 0 aliphatic carbocycles. The van der Waals surface area contributed by atoms with Gasteiger partial charge >= 0.3 is 0 Å². The number of aliphatic hydroxyl groups is 1. The largest absolute Gasteiger partial charge is 0.392 e. The molecule has 0 aliphatic rings. The van der Waals surface area contributed by atoms with E-state index in [4.69, 9.17) is 11.6 Å². The number of hydrogen-bond acceptors (Lipinski definition) is 5. The smallest absolute Gasteiger partial charge is 0.243 e. The lowest BCUT2D eigenvalue weighted by atomic mass is 9.89. The fourth-order valence-electron chi connectivity index (χ4n) is 1.51. The molecule has 1 atom stereocenters. The summed E-state index contributed by atoms with van der Waals surface area (Å²) in [7, 11) is -3.72. The highest BCUT2D eigenvalue weighted by Gasteiger charge is 2.20. The van der Waals surface area contributed by atoms with Crippen molar-refractivity contribution >= 4 is 21.6 Å². The molecule has 19 heavy (non-hydrogen) atoms. The molecule has 1 aromatic rings. The van der Waals surface area contributed by atoms with E-state index in [0.29, 0.717) is 6.42 Å². The van der Waals surface area contributed by atoms with Gasteiger partial charge in [-0.25, -0.2) is 23.1 Å². The first kappa shape index (κ1) is 16.3. The number of sulfonamides is 1. The number of nitrogens with zero attached hydrogens (tertiary/aromatic N) is 2. The van der Waals surface area contributed by atoms with E-state index in [2.05, 4.69) is 14.7 Å². The van der Waals surface area contributed by atoms with E-state index >= 15 is 0 Å². The third kappa shape index (κ3) is 5.82. The van der Waals surface area contributed by atoms with E-state index in [0.717, 1.165) is 12.4 Å². The third-order valence-electron chi connectivity index (χ3n) is 2.26. The maximum atomic E-state index is 11.9. The highest BCUT2D eigenvalue weighted by Crippen LogP contribution is 2.20. The van der Waals surface area contributed by atoms with Gasteiger partial charge in [0.05, 0.1) is 18.5 Å². The molecule has 0 amide bonds. The zero-order valence-electron chi connectivity index (χ0n) is 11.1. The van der Waals surface area contributed by atoms with E-state index in [9.17, 15) is 13.5 Å². The van der Waals surface area contributed by atoms with Gasteiger partial charge in [0.15, 0.2) is 0 Å². The number of halogens is 1. The van der Waals surface area contributed by atoms with Gasteiger partial charge in [0.25, 0.3) is 0 Å². The Balaban J connectivity index is 2.63. The van der Waals surface area contributed by atoms with Crippen LogP contribution in [0.1, 0.15) is 27.2 Å². The fraction of sp³-hybridized carbons (Fsp3) is 0.636. The number of nitrogens with one attached hydrogen (secondary N) is 1. The van der Waals surface area contributed by atoms with Crippen LogP contribution in [0.3, 0.4) is 0 Å². The van der Waals surface area contributed by atoms with Crippen LogP contribution in [0.4, 0.5) is 0 Å². The van der Waals surface area contributed by atoms with Crippen molar-refractivity contribution in [1.82, 2.24) is 14.7 Å². The zero-order chi connectivity index (χ0) is 14.7. The zero-order valence-corrected chi connectivity index (χ0v) is 12.7. The van der Waals surface area contributed by atoms with Crippen molar-refractivity contribution in [1.29, 1.82) is 0 Å². The first-order valence-corrected chi connectivity index (χ1v) is 7.61. The number of aromatic nitrogens is 2. The summed E-state index contributed by atoms with van der Waals surface area (Å²) in [6.07, 6.45) is 1.98. The van der Waals surface area contributed by atoms with Crippen molar-refractivity contribution in [3.8, 4) is 0 Å². The predicted octanol–water partition coefficient (Wildman–Crippen LogP) is 1.21. The summed E-state index contributed by atoms with van der Waals surface area (Å²) in [6, 6.07) is 0. The second-order valence-corrected chi connectivity index (χ2v) is 7.56. The van der Waals surface area contributed by atoms with Gasteiger partial charge in [-0.3, -0.25) is 0 Å². The minimum Gasteiger partial charge on any atom is -0.392 e. The van der Waals surface area contributed by atoms with E-state index in [1.165, 1.54) is 0 Å². The minimum atomic E-state index is -3.72. The molecule has 6 nitrogen and oxygen atoms in total. The molecular weight excluding hydrogens is 290 g/mol. The number of aliphatic hydroxyl groups excluding tert-OH is 1. The van der Waals surface area contributed by atoms with Crippen LogP contribution in [0.25, 0.3) is 0 Å². The molecule has 1 rings (SSSR count). The lowest BCUT2D eigenvalue weighted by molar-refractivity contribution is 0.125. The van der Waals surface area contributed by atoms with Gasteiger partial charge in [-0.1, -0.05) is 20.8 Å². The maximum Gasteiger partial charge on any atom is 0.243 e. The van der Waals surface area contributed by atoms with Gasteiger partial charge in [0, 0.05) is 6.54 Å². The molecule has 0 bridgehead atoms. The summed E-state index contributed by atoms with van der Waals surface area (Å²) in [4.78, 5) is 7.13. The quantitative estimate of drug-likeness (QED) is 0.798. The molecule has 0 saturated carbocycles. The van der Waals surface area contributed by atoms with Gasteiger partial charge in [0.1, 0.15) is 4.90 Å². The van der Waals surface area contributed by atoms with Crippen LogP contribution in [0, 0.1) is 5.41 Å². The summed E-state index contributed by atoms with van der Waals surface area (Å²) in [5, 5.41) is 9.74. The second kappa shape index (κ2) is 6.13. The Kier molecular flexibility index (Phi) is 5.26. The van der Waals surface area contributed by atoms with E-state index in [1.54, 1.807) is 0 Å². The Morgan fingerprint density at radius 1 is 1.37 bits per heavy atom. The standard InChI is InChI=1S/C11H18ClN3O3S/c1-11(2,3)4-8(16)5-15-19(17,18)9-6-13-10(12)14-7-9/h6-8,15-16H,4-5H2,1-3H3. The van der Waals surface area contributed by atoms with E-state index < -0.39 is 16.1 Å². The fourth-order valence-corrected chi connectivity index (χ4v) is 2.57. The van der Waals surface area contributed by atoms with Crippen LogP contribution in [0.15, 0.2) is 17.3 Å². The van der Waals surface area contributed by atoms with Crippen LogP contribution < -0.4 is 4.72 Å². The maximum absolute atomic E-state index is 11.9. The molecule has 0 aliphatic heterocycles. The highest BCUT2D eigenvalue weighted by molar-refractivity contribution is 7.89. The Morgan fingerprint density at radius 3 is 2.37 bits per heavy atom. The van der Waals surface area contributed by atoms with E-state index in [-0.39, 0.29) is 22.1 Å². The van der Waals surface area contributed by atoms with Crippen LogP contribution >= 0.6 is 11.6 Å². The van der Waals surface area contributed by atoms with Crippen molar-refractivity contribution < 1.29 is 13.5 Å². The second-order valence-electron chi connectivity index (χ2n) is 5.46. The summed E-state index contributed by atoms with van der Waals surface area (Å²) in [6.45, 7) is 5.86. The van der Waals surface area contributed by atoms with Crippen molar-refractivity contribution in [2.75, 3.05) is 6.54 Å². The molecule has 8 heteroatoms. The van der Waals surface area contributed by atoms with Gasteiger partial charge in [-0.15, -0.1) is 0 Å². The Bertz CT molecular complexity index is 511. The van der Waals surface area contributed by atoms with Crippen molar-refractivity contribution in [3.05, 3.63) is 17.7 Å². The molecule has 1 aromatic heterocycles. The molecule has 0 spiro atoms. The Labute approximate surface area is 118 Å². The molecule has 0 saturated heterocycles. The average molecular weight is 308 g/mol. The van der Waals surface area contributed by atoms with Gasteiger partial charge < -0.3 is 5.11 Å². The molecule has 108 valence electrons. The molecule has 1 unspecified atom stereocenters. The van der Waals surface area contributed by atoms with Crippen molar-refractivity contribution in [3.63, 3.8) is 0 Å². The molecule has 1 heterocycles. The van der Waals surface area contributed by atoms with Crippen molar-refractivity contribution in [2.45, 2.75) is 38.2 Å². The van der Waals surface area contributed by atoms with Crippen molar-refractivity contribution in [2.24, 2.45) is 5.41 Å².